The first-order valence-electron chi connectivity index (χ1n) is 7.45. The predicted molar refractivity (Wildman–Crippen MR) is 81.4 cm³/mol. The van der Waals surface area contributed by atoms with Crippen LogP contribution in [0.3, 0.4) is 0 Å². The summed E-state index contributed by atoms with van der Waals surface area (Å²) in [6.07, 6.45) is 1.48. The van der Waals surface area contributed by atoms with Gasteiger partial charge in [-0.3, -0.25) is 9.69 Å². The van der Waals surface area contributed by atoms with E-state index in [4.69, 9.17) is 5.73 Å². The van der Waals surface area contributed by atoms with Gasteiger partial charge in [0.05, 0.1) is 6.04 Å². The molecule has 1 aromatic rings. The van der Waals surface area contributed by atoms with Crippen molar-refractivity contribution in [3.63, 3.8) is 0 Å². The number of nitrogens with zero attached hydrogens (tertiary/aromatic N) is 1. The van der Waals surface area contributed by atoms with Crippen molar-refractivity contribution >= 4 is 5.91 Å². The Morgan fingerprint density at radius 1 is 1.35 bits per heavy atom. The van der Waals surface area contributed by atoms with Gasteiger partial charge in [0.1, 0.15) is 0 Å². The Labute approximate surface area is 121 Å². The maximum Gasteiger partial charge on any atom is 0.221 e. The minimum atomic E-state index is 0.0873. The lowest BCUT2D eigenvalue weighted by atomic mass is 9.92. The monoisotopic (exact) mass is 275 g/mol. The van der Waals surface area contributed by atoms with Gasteiger partial charge in [-0.25, -0.2) is 0 Å². The number of benzene rings is 1. The van der Waals surface area contributed by atoms with Crippen LogP contribution < -0.4 is 11.1 Å². The summed E-state index contributed by atoms with van der Waals surface area (Å²) < 4.78 is 0. The summed E-state index contributed by atoms with van der Waals surface area (Å²) in [5.74, 6) is 0.140. The summed E-state index contributed by atoms with van der Waals surface area (Å²) in [4.78, 5) is 13.9. The van der Waals surface area contributed by atoms with Crippen LogP contribution in [0.25, 0.3) is 0 Å². The van der Waals surface area contributed by atoms with Gasteiger partial charge in [-0.1, -0.05) is 31.2 Å². The van der Waals surface area contributed by atoms with E-state index in [9.17, 15) is 4.79 Å². The third-order valence-corrected chi connectivity index (χ3v) is 4.12. The number of amides is 1. The van der Waals surface area contributed by atoms with Crippen LogP contribution in [0.1, 0.15) is 36.9 Å². The van der Waals surface area contributed by atoms with Gasteiger partial charge in [0.15, 0.2) is 0 Å². The molecule has 20 heavy (non-hydrogen) atoms. The van der Waals surface area contributed by atoms with Crippen molar-refractivity contribution in [2.75, 3.05) is 19.6 Å². The molecule has 0 bridgehead atoms. The second-order valence-electron chi connectivity index (χ2n) is 5.51. The first kappa shape index (κ1) is 15.0. The van der Waals surface area contributed by atoms with Crippen molar-refractivity contribution < 1.29 is 4.79 Å². The smallest absolute Gasteiger partial charge is 0.221 e. The molecule has 1 aromatic carbocycles. The molecule has 0 spiro atoms. The van der Waals surface area contributed by atoms with Gasteiger partial charge in [0, 0.05) is 32.1 Å². The van der Waals surface area contributed by atoms with Crippen LogP contribution in [0.15, 0.2) is 24.3 Å². The van der Waals surface area contributed by atoms with Crippen LogP contribution >= 0.6 is 0 Å². The van der Waals surface area contributed by atoms with Crippen molar-refractivity contribution in [1.82, 2.24) is 10.2 Å². The van der Waals surface area contributed by atoms with E-state index >= 15 is 0 Å². The Morgan fingerprint density at radius 2 is 2.10 bits per heavy atom. The number of rotatable bonds is 4. The Hall–Kier alpha value is -1.39. The summed E-state index contributed by atoms with van der Waals surface area (Å²) in [7, 11) is 0. The minimum absolute atomic E-state index is 0.0873. The quantitative estimate of drug-likeness (QED) is 0.877. The summed E-state index contributed by atoms with van der Waals surface area (Å²) in [5.41, 5.74) is 8.94. The molecule has 2 atom stereocenters. The normalized spacial score (nSPS) is 20.1. The lowest BCUT2D eigenvalue weighted by Crippen LogP contribution is -2.42. The molecule has 0 aromatic heterocycles. The zero-order valence-electron chi connectivity index (χ0n) is 12.4. The molecule has 2 rings (SSSR count). The van der Waals surface area contributed by atoms with E-state index in [2.05, 4.69) is 48.3 Å². The standard InChI is InChI=1S/C16H25N3O/c1-3-14(17)16(13-7-5-4-6-12(13)2)19-10-8-15(20)18-9-11-19/h4-7,14,16H,3,8-11,17H2,1-2H3,(H,18,20). The van der Waals surface area contributed by atoms with Crippen LogP contribution in [-0.4, -0.2) is 36.5 Å². The van der Waals surface area contributed by atoms with Gasteiger partial charge in [0.25, 0.3) is 0 Å². The molecule has 2 unspecified atom stereocenters. The maximum atomic E-state index is 11.5. The van der Waals surface area contributed by atoms with Crippen molar-refractivity contribution in [3.05, 3.63) is 35.4 Å². The van der Waals surface area contributed by atoms with Gasteiger partial charge in [-0.05, 0) is 24.5 Å². The molecule has 0 aliphatic carbocycles. The Kier molecular flexibility index (Phi) is 5.15. The predicted octanol–water partition coefficient (Wildman–Crippen LogP) is 1.60. The highest BCUT2D eigenvalue weighted by Crippen LogP contribution is 2.28. The molecule has 1 amide bonds. The van der Waals surface area contributed by atoms with Crippen molar-refractivity contribution in [2.24, 2.45) is 5.73 Å². The average molecular weight is 275 g/mol. The van der Waals surface area contributed by atoms with E-state index in [0.29, 0.717) is 13.0 Å². The van der Waals surface area contributed by atoms with Crippen LogP contribution in [0.5, 0.6) is 0 Å². The van der Waals surface area contributed by atoms with E-state index in [1.54, 1.807) is 0 Å². The van der Waals surface area contributed by atoms with Crippen molar-refractivity contribution in [3.8, 4) is 0 Å². The van der Waals surface area contributed by atoms with E-state index < -0.39 is 0 Å². The van der Waals surface area contributed by atoms with E-state index in [-0.39, 0.29) is 18.0 Å². The zero-order chi connectivity index (χ0) is 14.5. The van der Waals surface area contributed by atoms with Gasteiger partial charge in [-0.15, -0.1) is 0 Å². The molecule has 1 heterocycles. The minimum Gasteiger partial charge on any atom is -0.355 e. The molecule has 4 heteroatoms. The van der Waals surface area contributed by atoms with Gasteiger partial charge in [0.2, 0.25) is 5.91 Å². The van der Waals surface area contributed by atoms with Crippen LogP contribution in [0.4, 0.5) is 0 Å². The number of carbonyl (C=O) groups is 1. The third-order valence-electron chi connectivity index (χ3n) is 4.12. The van der Waals surface area contributed by atoms with Crippen molar-refractivity contribution in [2.45, 2.75) is 38.8 Å². The Bertz CT molecular complexity index is 461. The maximum absolute atomic E-state index is 11.5. The van der Waals surface area contributed by atoms with Crippen molar-refractivity contribution in [1.29, 1.82) is 0 Å². The van der Waals surface area contributed by atoms with Crippen LogP contribution in [-0.2, 0) is 4.79 Å². The fourth-order valence-corrected chi connectivity index (χ4v) is 2.90. The topological polar surface area (TPSA) is 58.4 Å². The SMILES string of the molecule is CCC(N)C(c1ccccc1C)N1CCNC(=O)CC1. The summed E-state index contributed by atoms with van der Waals surface area (Å²) in [5, 5.41) is 2.93. The molecule has 4 nitrogen and oxygen atoms in total. The summed E-state index contributed by atoms with van der Waals surface area (Å²) in [6, 6.07) is 8.69. The van der Waals surface area contributed by atoms with E-state index in [1.807, 2.05) is 0 Å². The zero-order valence-corrected chi connectivity index (χ0v) is 12.4. The van der Waals surface area contributed by atoms with E-state index in [1.165, 1.54) is 11.1 Å². The van der Waals surface area contributed by atoms with Gasteiger partial charge < -0.3 is 11.1 Å². The number of nitrogens with one attached hydrogen (secondary N) is 1. The number of nitrogens with two attached hydrogens (primary N) is 1. The fourth-order valence-electron chi connectivity index (χ4n) is 2.90. The lowest BCUT2D eigenvalue weighted by Gasteiger charge is -2.35. The number of aryl methyl sites for hydroxylation is 1. The molecule has 0 radical (unpaired) electrons. The largest absolute Gasteiger partial charge is 0.355 e. The number of hydrogen-bond donors (Lipinski definition) is 2. The second-order valence-corrected chi connectivity index (χ2v) is 5.51. The third kappa shape index (κ3) is 3.38. The molecule has 1 aliphatic heterocycles. The molecular weight excluding hydrogens is 250 g/mol. The summed E-state index contributed by atoms with van der Waals surface area (Å²) in [6.45, 7) is 6.59. The molecule has 0 saturated carbocycles. The summed E-state index contributed by atoms with van der Waals surface area (Å²) >= 11 is 0. The first-order chi connectivity index (χ1) is 9.63. The van der Waals surface area contributed by atoms with E-state index in [0.717, 1.165) is 19.5 Å². The Morgan fingerprint density at radius 3 is 2.80 bits per heavy atom. The number of hydrogen-bond acceptors (Lipinski definition) is 3. The second kappa shape index (κ2) is 6.86. The highest BCUT2D eigenvalue weighted by atomic mass is 16.1. The molecule has 1 aliphatic rings. The van der Waals surface area contributed by atoms with Gasteiger partial charge in [-0.2, -0.15) is 0 Å². The van der Waals surface area contributed by atoms with Crippen LogP contribution in [0, 0.1) is 6.92 Å². The molecule has 1 fully saturated rings. The fraction of sp³-hybridized carbons (Fsp3) is 0.562. The molecular formula is C16H25N3O. The molecule has 1 saturated heterocycles. The van der Waals surface area contributed by atoms with Gasteiger partial charge >= 0.3 is 0 Å². The Balaban J connectivity index is 2.28. The lowest BCUT2D eigenvalue weighted by molar-refractivity contribution is -0.120. The first-order valence-corrected chi connectivity index (χ1v) is 7.45. The molecule has 110 valence electrons. The van der Waals surface area contributed by atoms with Crippen LogP contribution in [0.2, 0.25) is 0 Å². The highest BCUT2D eigenvalue weighted by Gasteiger charge is 2.28. The molecule has 3 N–H and O–H groups in total. The average Bonchev–Trinajstić information content (AvgIpc) is 2.66. The highest BCUT2D eigenvalue weighted by molar-refractivity contribution is 5.76. The number of carbonyl (C=O) groups excluding carboxylic acids is 1.